The molecule has 0 aliphatic carbocycles. The lowest BCUT2D eigenvalue weighted by Gasteiger charge is -2.35. The summed E-state index contributed by atoms with van der Waals surface area (Å²) < 4.78 is 2.09. The molecule has 0 spiro atoms. The molecular weight excluding hydrogens is 324 g/mol. The molecule has 1 amide bonds. The Balaban J connectivity index is 0.00000288. The van der Waals surface area contributed by atoms with Crippen LogP contribution in [0.3, 0.4) is 0 Å². The first-order valence-corrected chi connectivity index (χ1v) is 8.96. The quantitative estimate of drug-likeness (QED) is 0.852. The predicted molar refractivity (Wildman–Crippen MR) is 101 cm³/mol. The lowest BCUT2D eigenvalue weighted by atomic mass is 10.0. The highest BCUT2D eigenvalue weighted by atomic mass is 35.5. The van der Waals surface area contributed by atoms with E-state index in [-0.39, 0.29) is 24.4 Å². The summed E-state index contributed by atoms with van der Waals surface area (Å²) >= 11 is 0. The van der Waals surface area contributed by atoms with Gasteiger partial charge in [-0.2, -0.15) is 5.10 Å². The average molecular weight is 357 g/mol. The Bertz CT molecular complexity index is 541. The fourth-order valence-electron chi connectivity index (χ4n) is 3.57. The molecule has 138 valence electrons. The van der Waals surface area contributed by atoms with Crippen LogP contribution in [0.25, 0.3) is 0 Å². The van der Waals surface area contributed by atoms with E-state index in [1.807, 2.05) is 11.8 Å². The molecule has 1 unspecified atom stereocenters. The van der Waals surface area contributed by atoms with Crippen LogP contribution in [0.15, 0.2) is 0 Å². The molecule has 1 aliphatic heterocycles. The van der Waals surface area contributed by atoms with Crippen LogP contribution in [0.5, 0.6) is 0 Å². The van der Waals surface area contributed by atoms with Crippen molar-refractivity contribution in [2.24, 2.45) is 11.7 Å². The lowest BCUT2D eigenvalue weighted by Crippen LogP contribution is -2.47. The Morgan fingerprint density at radius 3 is 2.67 bits per heavy atom. The standard InChI is InChI=1S/C18H32N4O.ClH/c1-13(2)12-22-15(4)17(14(3)20-22)8-9-18(23)21-10-6-5-7-16(21)11-19;/h13,16H,5-12,19H2,1-4H3;1H. The van der Waals surface area contributed by atoms with Gasteiger partial charge in [0.2, 0.25) is 5.91 Å². The summed E-state index contributed by atoms with van der Waals surface area (Å²) in [5.41, 5.74) is 9.33. The molecular formula is C18H33ClN4O. The molecule has 0 radical (unpaired) electrons. The van der Waals surface area contributed by atoms with Crippen molar-refractivity contribution < 1.29 is 4.79 Å². The van der Waals surface area contributed by atoms with Gasteiger partial charge in [-0.15, -0.1) is 12.4 Å². The first kappa shape index (κ1) is 21.0. The fraction of sp³-hybridized carbons (Fsp3) is 0.778. The molecule has 1 aliphatic rings. The molecule has 6 heteroatoms. The number of nitrogens with zero attached hydrogens (tertiary/aromatic N) is 3. The van der Waals surface area contributed by atoms with Crippen molar-refractivity contribution in [3.63, 3.8) is 0 Å². The molecule has 1 atom stereocenters. The number of hydrogen-bond donors (Lipinski definition) is 1. The van der Waals surface area contributed by atoms with E-state index >= 15 is 0 Å². The summed E-state index contributed by atoms with van der Waals surface area (Å²) in [6.07, 6.45) is 4.68. The molecule has 1 fully saturated rings. The van der Waals surface area contributed by atoms with E-state index in [0.29, 0.717) is 18.9 Å². The highest BCUT2D eigenvalue weighted by molar-refractivity contribution is 5.85. The third-order valence-corrected chi connectivity index (χ3v) is 4.88. The molecule has 5 nitrogen and oxygen atoms in total. The second-order valence-electron chi connectivity index (χ2n) is 7.20. The van der Waals surface area contributed by atoms with Gasteiger partial charge in [-0.1, -0.05) is 13.8 Å². The number of nitrogens with two attached hydrogens (primary N) is 1. The van der Waals surface area contributed by atoms with Crippen LogP contribution < -0.4 is 5.73 Å². The minimum absolute atomic E-state index is 0. The predicted octanol–water partition coefficient (Wildman–Crippen LogP) is 2.85. The summed E-state index contributed by atoms with van der Waals surface area (Å²) in [5, 5.41) is 4.64. The molecule has 0 bridgehead atoms. The number of piperidine rings is 1. The number of amides is 1. The van der Waals surface area contributed by atoms with Crippen LogP contribution in [0.2, 0.25) is 0 Å². The normalized spacial score (nSPS) is 17.9. The zero-order chi connectivity index (χ0) is 17.0. The number of aromatic nitrogens is 2. The molecule has 2 heterocycles. The van der Waals surface area contributed by atoms with Crippen molar-refractivity contribution in [1.29, 1.82) is 0 Å². The van der Waals surface area contributed by atoms with E-state index in [9.17, 15) is 4.79 Å². The number of likely N-dealkylation sites (tertiary alicyclic amines) is 1. The maximum atomic E-state index is 12.6. The van der Waals surface area contributed by atoms with Gasteiger partial charge in [-0.3, -0.25) is 9.48 Å². The van der Waals surface area contributed by atoms with Gasteiger partial charge >= 0.3 is 0 Å². The first-order valence-electron chi connectivity index (χ1n) is 8.96. The minimum Gasteiger partial charge on any atom is -0.338 e. The van der Waals surface area contributed by atoms with Gasteiger partial charge in [-0.05, 0) is 51.0 Å². The maximum absolute atomic E-state index is 12.6. The molecule has 1 saturated heterocycles. The second-order valence-corrected chi connectivity index (χ2v) is 7.20. The summed E-state index contributed by atoms with van der Waals surface area (Å²) in [7, 11) is 0. The SMILES string of the molecule is Cc1nn(CC(C)C)c(C)c1CCC(=O)N1CCCCC1CN.Cl. The van der Waals surface area contributed by atoms with E-state index in [1.54, 1.807) is 0 Å². The van der Waals surface area contributed by atoms with E-state index in [2.05, 4.69) is 30.6 Å². The van der Waals surface area contributed by atoms with Crippen molar-refractivity contribution >= 4 is 18.3 Å². The van der Waals surface area contributed by atoms with Crippen molar-refractivity contribution in [2.75, 3.05) is 13.1 Å². The summed E-state index contributed by atoms with van der Waals surface area (Å²) in [4.78, 5) is 14.6. The van der Waals surface area contributed by atoms with Gasteiger partial charge in [0.1, 0.15) is 0 Å². The fourth-order valence-corrected chi connectivity index (χ4v) is 3.57. The molecule has 2 rings (SSSR count). The van der Waals surface area contributed by atoms with Crippen LogP contribution in [0, 0.1) is 19.8 Å². The van der Waals surface area contributed by atoms with Crippen molar-refractivity contribution in [3.8, 4) is 0 Å². The number of rotatable bonds is 6. The maximum Gasteiger partial charge on any atom is 0.223 e. The summed E-state index contributed by atoms with van der Waals surface area (Å²) in [6, 6.07) is 0.238. The highest BCUT2D eigenvalue weighted by Gasteiger charge is 2.25. The second kappa shape index (κ2) is 9.42. The highest BCUT2D eigenvalue weighted by Crippen LogP contribution is 2.20. The largest absolute Gasteiger partial charge is 0.338 e. The van der Waals surface area contributed by atoms with Crippen molar-refractivity contribution in [1.82, 2.24) is 14.7 Å². The van der Waals surface area contributed by atoms with Crippen LogP contribution in [0.1, 0.15) is 56.5 Å². The van der Waals surface area contributed by atoms with Gasteiger partial charge in [-0.25, -0.2) is 0 Å². The monoisotopic (exact) mass is 356 g/mol. The van der Waals surface area contributed by atoms with Crippen molar-refractivity contribution in [2.45, 2.75) is 72.4 Å². The summed E-state index contributed by atoms with van der Waals surface area (Å²) in [5.74, 6) is 0.816. The Kier molecular flexibility index (Phi) is 8.23. The first-order chi connectivity index (χ1) is 10.9. The average Bonchev–Trinajstić information content (AvgIpc) is 2.78. The van der Waals surface area contributed by atoms with Crippen molar-refractivity contribution in [3.05, 3.63) is 17.0 Å². The number of carbonyl (C=O) groups excluding carboxylic acids is 1. The molecule has 0 aromatic carbocycles. The summed E-state index contributed by atoms with van der Waals surface area (Å²) in [6.45, 7) is 10.9. The zero-order valence-electron chi connectivity index (χ0n) is 15.5. The zero-order valence-corrected chi connectivity index (χ0v) is 16.4. The minimum atomic E-state index is 0. The topological polar surface area (TPSA) is 64.2 Å². The Labute approximate surface area is 152 Å². The molecule has 2 N–H and O–H groups in total. The van der Waals surface area contributed by atoms with Gasteiger partial charge in [0.25, 0.3) is 0 Å². The molecule has 0 saturated carbocycles. The van der Waals surface area contributed by atoms with E-state index < -0.39 is 0 Å². The van der Waals surface area contributed by atoms with Gasteiger partial charge in [0.05, 0.1) is 5.69 Å². The molecule has 24 heavy (non-hydrogen) atoms. The number of aryl methyl sites for hydroxylation is 1. The van der Waals surface area contributed by atoms with E-state index in [4.69, 9.17) is 5.73 Å². The van der Waals surface area contributed by atoms with Crippen LogP contribution >= 0.6 is 12.4 Å². The Hall–Kier alpha value is -1.07. The van der Waals surface area contributed by atoms with E-state index in [1.165, 1.54) is 17.7 Å². The smallest absolute Gasteiger partial charge is 0.223 e. The Morgan fingerprint density at radius 2 is 2.04 bits per heavy atom. The van der Waals surface area contributed by atoms with Gasteiger partial charge in [0, 0.05) is 37.8 Å². The number of hydrogen-bond acceptors (Lipinski definition) is 3. The van der Waals surface area contributed by atoms with Crippen LogP contribution in [0.4, 0.5) is 0 Å². The molecule has 1 aromatic heterocycles. The number of halogens is 1. The molecule has 1 aromatic rings. The Morgan fingerprint density at radius 1 is 1.33 bits per heavy atom. The van der Waals surface area contributed by atoms with Gasteiger partial charge < -0.3 is 10.6 Å². The van der Waals surface area contributed by atoms with E-state index in [0.717, 1.165) is 38.0 Å². The van der Waals surface area contributed by atoms with Crippen LogP contribution in [-0.2, 0) is 17.8 Å². The third kappa shape index (κ3) is 4.96. The lowest BCUT2D eigenvalue weighted by molar-refractivity contribution is -0.134. The van der Waals surface area contributed by atoms with Crippen LogP contribution in [-0.4, -0.2) is 39.7 Å². The van der Waals surface area contributed by atoms with Gasteiger partial charge in [0.15, 0.2) is 0 Å². The number of carbonyl (C=O) groups is 1. The third-order valence-electron chi connectivity index (χ3n) is 4.88.